The fraction of sp³-hybridized carbons (Fsp3) is 0.350. The standard InChI is InChI=1S/C20H21N3O3S/c21-10-5-13-27-18-9-2-1-7-16(18)22-19(24)15-6-3-11-23(14-15)20(25)17-8-4-12-26-17/h1-2,4,7-9,12,15H,3,5-6,11,13-14H2,(H,22,24)/t15-/m1/s1. The predicted octanol–water partition coefficient (Wildman–Crippen LogP) is 3.78. The van der Waals surface area contributed by atoms with Gasteiger partial charge >= 0.3 is 0 Å². The summed E-state index contributed by atoms with van der Waals surface area (Å²) in [6.45, 7) is 1.01. The first-order chi connectivity index (χ1) is 13.2. The van der Waals surface area contributed by atoms with Crippen LogP contribution in [-0.4, -0.2) is 35.6 Å². The van der Waals surface area contributed by atoms with Gasteiger partial charge in [-0.2, -0.15) is 5.26 Å². The Labute approximate surface area is 162 Å². The lowest BCUT2D eigenvalue weighted by Crippen LogP contribution is -2.43. The maximum Gasteiger partial charge on any atom is 0.289 e. The van der Waals surface area contributed by atoms with Crippen LogP contribution in [0, 0.1) is 17.2 Å². The highest BCUT2D eigenvalue weighted by Gasteiger charge is 2.30. The molecule has 1 saturated heterocycles. The molecule has 6 nitrogen and oxygen atoms in total. The lowest BCUT2D eigenvalue weighted by Gasteiger charge is -2.31. The van der Waals surface area contributed by atoms with Crippen LogP contribution in [0.4, 0.5) is 5.69 Å². The number of amides is 2. The number of thioether (sulfide) groups is 1. The van der Waals surface area contributed by atoms with Crippen LogP contribution in [0.3, 0.4) is 0 Å². The van der Waals surface area contributed by atoms with E-state index < -0.39 is 0 Å². The number of hydrogen-bond donors (Lipinski definition) is 1. The summed E-state index contributed by atoms with van der Waals surface area (Å²) in [7, 11) is 0. The molecule has 7 heteroatoms. The van der Waals surface area contributed by atoms with Crippen molar-refractivity contribution >= 4 is 29.3 Å². The van der Waals surface area contributed by atoms with Gasteiger partial charge in [0.15, 0.2) is 5.76 Å². The van der Waals surface area contributed by atoms with Gasteiger partial charge in [-0.15, -0.1) is 11.8 Å². The van der Waals surface area contributed by atoms with Gasteiger partial charge in [0.25, 0.3) is 5.91 Å². The first-order valence-corrected chi connectivity index (χ1v) is 9.90. The average Bonchev–Trinajstić information content (AvgIpc) is 3.24. The van der Waals surface area contributed by atoms with E-state index in [0.717, 1.165) is 23.4 Å². The minimum absolute atomic E-state index is 0.0831. The smallest absolute Gasteiger partial charge is 0.289 e. The summed E-state index contributed by atoms with van der Waals surface area (Å²) in [6.07, 6.45) is 3.46. The zero-order valence-corrected chi connectivity index (χ0v) is 15.7. The number of benzene rings is 1. The number of likely N-dealkylation sites (tertiary alicyclic amines) is 1. The molecule has 2 heterocycles. The van der Waals surface area contributed by atoms with Crippen molar-refractivity contribution in [3.8, 4) is 6.07 Å². The van der Waals surface area contributed by atoms with Crippen molar-refractivity contribution in [2.24, 2.45) is 5.92 Å². The highest BCUT2D eigenvalue weighted by molar-refractivity contribution is 7.99. The van der Waals surface area contributed by atoms with Crippen LogP contribution < -0.4 is 5.32 Å². The summed E-state index contributed by atoms with van der Waals surface area (Å²) < 4.78 is 5.18. The molecule has 1 aromatic heterocycles. The molecule has 1 N–H and O–H groups in total. The van der Waals surface area contributed by atoms with Gasteiger partial charge in [-0.05, 0) is 37.1 Å². The summed E-state index contributed by atoms with van der Waals surface area (Å²) in [4.78, 5) is 27.9. The van der Waals surface area contributed by atoms with E-state index >= 15 is 0 Å². The Morgan fingerprint density at radius 1 is 1.30 bits per heavy atom. The summed E-state index contributed by atoms with van der Waals surface area (Å²) in [5.41, 5.74) is 0.750. The number of carbonyl (C=O) groups excluding carboxylic acids is 2. The highest BCUT2D eigenvalue weighted by atomic mass is 32.2. The quantitative estimate of drug-likeness (QED) is 0.606. The topological polar surface area (TPSA) is 86.3 Å². The van der Waals surface area contributed by atoms with Gasteiger partial charge in [-0.3, -0.25) is 9.59 Å². The second-order valence-corrected chi connectivity index (χ2v) is 7.45. The van der Waals surface area contributed by atoms with Crippen LogP contribution in [0.25, 0.3) is 0 Å². The first-order valence-electron chi connectivity index (χ1n) is 8.91. The zero-order chi connectivity index (χ0) is 19.1. The molecule has 2 amide bonds. The Hall–Kier alpha value is -2.72. The number of hydrogen-bond acceptors (Lipinski definition) is 5. The van der Waals surface area contributed by atoms with Gasteiger partial charge in [0, 0.05) is 30.2 Å². The predicted molar refractivity (Wildman–Crippen MR) is 103 cm³/mol. The van der Waals surface area contributed by atoms with E-state index in [9.17, 15) is 9.59 Å². The molecule has 1 aliphatic rings. The molecular formula is C20H21N3O3S. The van der Waals surface area contributed by atoms with Crippen molar-refractivity contribution in [3.63, 3.8) is 0 Å². The van der Waals surface area contributed by atoms with Gasteiger partial charge < -0.3 is 14.6 Å². The van der Waals surface area contributed by atoms with Crippen LogP contribution in [0.15, 0.2) is 52.0 Å². The van der Waals surface area contributed by atoms with E-state index in [2.05, 4.69) is 11.4 Å². The lowest BCUT2D eigenvalue weighted by molar-refractivity contribution is -0.121. The molecule has 1 aliphatic heterocycles. The normalized spacial score (nSPS) is 16.6. The van der Waals surface area contributed by atoms with Crippen molar-refractivity contribution in [1.29, 1.82) is 5.26 Å². The van der Waals surface area contributed by atoms with Crippen molar-refractivity contribution in [3.05, 3.63) is 48.4 Å². The maximum atomic E-state index is 12.8. The summed E-state index contributed by atoms with van der Waals surface area (Å²) in [6, 6.07) is 13.0. The minimum atomic E-state index is -0.255. The number of carbonyl (C=O) groups is 2. The van der Waals surface area contributed by atoms with Crippen LogP contribution >= 0.6 is 11.8 Å². The molecule has 0 radical (unpaired) electrons. The number of nitrogens with one attached hydrogen (secondary N) is 1. The summed E-state index contributed by atoms with van der Waals surface area (Å²) in [5.74, 6) is 0.466. The second-order valence-electron chi connectivity index (χ2n) is 6.31. The molecule has 1 aromatic carbocycles. The monoisotopic (exact) mass is 383 g/mol. The molecule has 1 fully saturated rings. The second kappa shape index (κ2) is 9.28. The fourth-order valence-corrected chi connectivity index (χ4v) is 3.93. The van der Waals surface area contributed by atoms with Gasteiger partial charge in [-0.25, -0.2) is 0 Å². The van der Waals surface area contributed by atoms with E-state index in [4.69, 9.17) is 9.68 Å². The van der Waals surface area contributed by atoms with Crippen LogP contribution in [-0.2, 0) is 4.79 Å². The molecule has 0 aliphatic carbocycles. The SMILES string of the molecule is N#CCCSc1ccccc1NC(=O)[C@@H]1CCCN(C(=O)c2ccco2)C1. The van der Waals surface area contributed by atoms with Crippen LogP contribution in [0.5, 0.6) is 0 Å². The van der Waals surface area contributed by atoms with E-state index in [1.165, 1.54) is 6.26 Å². The van der Waals surface area contributed by atoms with Crippen molar-refractivity contribution in [2.75, 3.05) is 24.2 Å². The molecule has 0 bridgehead atoms. The van der Waals surface area contributed by atoms with Gasteiger partial charge in [0.2, 0.25) is 5.91 Å². The van der Waals surface area contributed by atoms with Crippen molar-refractivity contribution in [1.82, 2.24) is 4.90 Å². The fourth-order valence-electron chi connectivity index (χ4n) is 3.07. The number of rotatable bonds is 6. The third-order valence-corrected chi connectivity index (χ3v) is 5.50. The number of anilines is 1. The van der Waals surface area contributed by atoms with Crippen molar-refractivity contribution in [2.45, 2.75) is 24.2 Å². The van der Waals surface area contributed by atoms with E-state index in [1.807, 2.05) is 24.3 Å². The maximum absolute atomic E-state index is 12.8. The number of nitriles is 1. The van der Waals surface area contributed by atoms with Gasteiger partial charge in [0.1, 0.15) is 0 Å². The molecule has 2 aromatic rings. The Kier molecular flexibility index (Phi) is 6.55. The molecule has 0 saturated carbocycles. The Balaban J connectivity index is 1.63. The van der Waals surface area contributed by atoms with Crippen LogP contribution in [0.1, 0.15) is 29.8 Å². The molecule has 0 unspecified atom stereocenters. The van der Waals surface area contributed by atoms with E-state index in [-0.39, 0.29) is 17.7 Å². The first kappa shape index (κ1) is 19.1. The zero-order valence-electron chi connectivity index (χ0n) is 14.9. The molecule has 1 atom stereocenters. The van der Waals surface area contributed by atoms with Gasteiger partial charge in [0.05, 0.1) is 23.9 Å². The lowest BCUT2D eigenvalue weighted by atomic mass is 9.96. The molecule has 3 rings (SSSR count). The number of piperidine rings is 1. The molecule has 27 heavy (non-hydrogen) atoms. The average molecular weight is 383 g/mol. The third-order valence-electron chi connectivity index (χ3n) is 4.43. The Morgan fingerprint density at radius 3 is 2.93 bits per heavy atom. The number of nitrogens with zero attached hydrogens (tertiary/aromatic N) is 2. The third kappa shape index (κ3) is 4.92. The Morgan fingerprint density at radius 2 is 2.15 bits per heavy atom. The molecular weight excluding hydrogens is 362 g/mol. The van der Waals surface area contributed by atoms with E-state index in [0.29, 0.717) is 31.0 Å². The van der Waals surface area contributed by atoms with Crippen LogP contribution in [0.2, 0.25) is 0 Å². The minimum Gasteiger partial charge on any atom is -0.459 e. The van der Waals surface area contributed by atoms with Crippen molar-refractivity contribution < 1.29 is 14.0 Å². The highest BCUT2D eigenvalue weighted by Crippen LogP contribution is 2.28. The summed E-state index contributed by atoms with van der Waals surface area (Å²) in [5, 5.41) is 11.7. The van der Waals surface area contributed by atoms with Gasteiger partial charge in [-0.1, -0.05) is 12.1 Å². The largest absolute Gasteiger partial charge is 0.459 e. The summed E-state index contributed by atoms with van der Waals surface area (Å²) >= 11 is 1.55. The van der Waals surface area contributed by atoms with E-state index in [1.54, 1.807) is 28.8 Å². The molecule has 140 valence electrons. The number of para-hydroxylation sites is 1. The number of furan rings is 1. The Bertz CT molecular complexity index is 829. The molecule has 0 spiro atoms.